The maximum absolute atomic E-state index is 13.1. The summed E-state index contributed by atoms with van der Waals surface area (Å²) < 4.78 is 57.4. The molecule has 0 fully saturated rings. The van der Waals surface area contributed by atoms with Crippen molar-refractivity contribution in [2.24, 2.45) is 0 Å². The molecule has 5 nitrogen and oxygen atoms in total. The van der Waals surface area contributed by atoms with Crippen LogP contribution in [0.1, 0.15) is 11.6 Å². The van der Waals surface area contributed by atoms with Crippen molar-refractivity contribution in [3.63, 3.8) is 0 Å². The molecule has 142 valence electrons. The minimum absolute atomic E-state index is 0.142. The molecule has 0 saturated heterocycles. The molecule has 2 aromatic heterocycles. The summed E-state index contributed by atoms with van der Waals surface area (Å²) in [5.74, 6) is -0.980. The molecule has 4 aromatic rings. The molecule has 0 radical (unpaired) electrons. The Morgan fingerprint density at radius 1 is 0.929 bits per heavy atom. The molecule has 0 bridgehead atoms. The largest absolute Gasteiger partial charge is 0.451 e. The average Bonchev–Trinajstić information content (AvgIpc) is 3.15. The van der Waals surface area contributed by atoms with Crippen LogP contribution < -0.4 is 0 Å². The maximum Gasteiger partial charge on any atom is 0.451 e. The van der Waals surface area contributed by atoms with Gasteiger partial charge in [-0.1, -0.05) is 35.1 Å². The van der Waals surface area contributed by atoms with E-state index < -0.39 is 17.8 Å². The van der Waals surface area contributed by atoms with Crippen LogP contribution in [0.4, 0.5) is 17.6 Å². The van der Waals surface area contributed by atoms with Crippen LogP contribution in [0.3, 0.4) is 0 Å². The van der Waals surface area contributed by atoms with Crippen molar-refractivity contribution >= 4 is 22.7 Å². The topological polar surface area (TPSA) is 64.7 Å². The lowest BCUT2D eigenvalue weighted by Crippen LogP contribution is -2.11. The molecule has 0 unspecified atom stereocenters. The normalized spacial score (nSPS) is 11.9. The van der Waals surface area contributed by atoms with E-state index in [0.717, 1.165) is 11.8 Å². The first-order valence-corrected chi connectivity index (χ1v) is 8.94. The Morgan fingerprint density at radius 3 is 2.43 bits per heavy atom. The fourth-order valence-corrected chi connectivity index (χ4v) is 3.30. The minimum Gasteiger partial charge on any atom is -0.334 e. The summed E-state index contributed by atoms with van der Waals surface area (Å²) in [7, 11) is 0. The lowest BCUT2D eigenvalue weighted by molar-refractivity contribution is -0.145. The lowest BCUT2D eigenvalue weighted by atomic mass is 10.2. The van der Waals surface area contributed by atoms with Gasteiger partial charge in [-0.05, 0) is 30.3 Å². The number of aromatic nitrogens is 4. The zero-order valence-corrected chi connectivity index (χ0v) is 14.8. The quantitative estimate of drug-likeness (QED) is 0.266. The lowest BCUT2D eigenvalue weighted by Gasteiger charge is -2.09. The maximum atomic E-state index is 13.1. The van der Waals surface area contributed by atoms with Crippen molar-refractivity contribution in [2.75, 3.05) is 0 Å². The van der Waals surface area contributed by atoms with Crippen LogP contribution in [0.5, 0.6) is 0 Å². The zero-order chi connectivity index (χ0) is 19.7. The highest BCUT2D eigenvalue weighted by Gasteiger charge is 2.35. The summed E-state index contributed by atoms with van der Waals surface area (Å²) >= 11 is 1.05. The molecule has 0 aliphatic carbocycles. The standard InChI is InChI=1S/C18H10F4N4OS/c19-11-7-5-10(6-8-11)15-24-14(26-27-15)9-28-16-12-3-1-2-4-13(12)23-17(25-16)18(20,21)22/h1-8H,9H2. The van der Waals surface area contributed by atoms with E-state index in [1.165, 1.54) is 30.3 Å². The Labute approximate surface area is 159 Å². The van der Waals surface area contributed by atoms with Gasteiger partial charge in [0.25, 0.3) is 5.89 Å². The molecular weight excluding hydrogens is 396 g/mol. The Bertz CT molecular complexity index is 1130. The SMILES string of the molecule is Fc1ccc(-c2nc(CSc3nc(C(F)(F)F)nc4ccccc34)no2)cc1. The zero-order valence-electron chi connectivity index (χ0n) is 13.9. The molecule has 0 N–H and O–H groups in total. The van der Waals surface area contributed by atoms with Gasteiger partial charge in [0.2, 0.25) is 5.82 Å². The molecule has 0 saturated carbocycles. The Morgan fingerprint density at radius 2 is 1.68 bits per heavy atom. The van der Waals surface area contributed by atoms with Crippen LogP contribution in [0.15, 0.2) is 58.1 Å². The second-order valence-electron chi connectivity index (χ2n) is 5.68. The molecule has 2 aromatic carbocycles. The van der Waals surface area contributed by atoms with E-state index in [-0.39, 0.29) is 28.0 Å². The number of hydrogen-bond donors (Lipinski definition) is 0. The molecule has 4 rings (SSSR count). The number of hydrogen-bond acceptors (Lipinski definition) is 6. The van der Waals surface area contributed by atoms with Crippen LogP contribution in [-0.4, -0.2) is 20.1 Å². The number of alkyl halides is 3. The third-order valence-corrected chi connectivity index (χ3v) is 4.71. The van der Waals surface area contributed by atoms with E-state index >= 15 is 0 Å². The average molecular weight is 406 g/mol. The van der Waals surface area contributed by atoms with Crippen molar-refractivity contribution in [2.45, 2.75) is 17.0 Å². The van der Waals surface area contributed by atoms with Gasteiger partial charge in [-0.15, -0.1) is 0 Å². The summed E-state index contributed by atoms with van der Waals surface area (Å²) in [5, 5.41) is 4.49. The number of benzene rings is 2. The van der Waals surface area contributed by atoms with Crippen LogP contribution in [0, 0.1) is 5.82 Å². The highest BCUT2D eigenvalue weighted by molar-refractivity contribution is 7.98. The van der Waals surface area contributed by atoms with E-state index in [2.05, 4.69) is 20.1 Å². The number of rotatable bonds is 4. The number of nitrogens with zero attached hydrogens (tertiary/aromatic N) is 4. The fraction of sp³-hybridized carbons (Fsp3) is 0.111. The van der Waals surface area contributed by atoms with Gasteiger partial charge in [-0.3, -0.25) is 0 Å². The monoisotopic (exact) mass is 406 g/mol. The van der Waals surface area contributed by atoms with Gasteiger partial charge in [0, 0.05) is 10.9 Å². The molecular formula is C18H10F4N4OS. The van der Waals surface area contributed by atoms with Crippen molar-refractivity contribution < 1.29 is 22.1 Å². The second kappa shape index (κ2) is 7.19. The molecule has 10 heteroatoms. The Balaban J connectivity index is 1.60. The number of fused-ring (bicyclic) bond motifs is 1. The molecule has 0 aliphatic rings. The summed E-state index contributed by atoms with van der Waals surface area (Å²) in [6.07, 6.45) is -4.65. The Kier molecular flexibility index (Phi) is 4.71. The van der Waals surface area contributed by atoms with Gasteiger partial charge >= 0.3 is 6.18 Å². The van der Waals surface area contributed by atoms with Gasteiger partial charge in [0.05, 0.1) is 11.3 Å². The van der Waals surface area contributed by atoms with E-state index in [1.807, 2.05) is 0 Å². The first kappa shape index (κ1) is 18.4. The van der Waals surface area contributed by atoms with E-state index in [4.69, 9.17) is 4.52 Å². The van der Waals surface area contributed by atoms with Crippen molar-refractivity contribution in [1.29, 1.82) is 0 Å². The van der Waals surface area contributed by atoms with Crippen LogP contribution in [0.2, 0.25) is 0 Å². The van der Waals surface area contributed by atoms with Crippen LogP contribution in [-0.2, 0) is 11.9 Å². The van der Waals surface area contributed by atoms with Gasteiger partial charge in [-0.2, -0.15) is 18.2 Å². The van der Waals surface area contributed by atoms with Crippen molar-refractivity contribution in [3.05, 3.63) is 66.0 Å². The second-order valence-corrected chi connectivity index (χ2v) is 6.64. The molecule has 0 atom stereocenters. The van der Waals surface area contributed by atoms with Crippen molar-refractivity contribution in [3.8, 4) is 11.5 Å². The summed E-state index contributed by atoms with van der Waals surface area (Å²) in [6, 6.07) is 12.0. The molecule has 28 heavy (non-hydrogen) atoms. The van der Waals surface area contributed by atoms with Gasteiger partial charge in [0.1, 0.15) is 10.8 Å². The molecule has 0 amide bonds. The molecule has 0 spiro atoms. The van der Waals surface area contributed by atoms with Crippen LogP contribution in [0.25, 0.3) is 22.4 Å². The van der Waals surface area contributed by atoms with Gasteiger partial charge in [-0.25, -0.2) is 14.4 Å². The smallest absolute Gasteiger partial charge is 0.334 e. The molecule has 0 aliphatic heterocycles. The predicted octanol–water partition coefficient (Wildman–Crippen LogP) is 5.13. The Hall–Kier alpha value is -3.01. The summed E-state index contributed by atoms with van der Waals surface area (Å²) in [6.45, 7) is 0. The highest BCUT2D eigenvalue weighted by Crippen LogP contribution is 2.33. The number of para-hydroxylation sites is 1. The number of halogens is 4. The highest BCUT2D eigenvalue weighted by atomic mass is 32.2. The first-order valence-electron chi connectivity index (χ1n) is 7.95. The predicted molar refractivity (Wildman–Crippen MR) is 93.8 cm³/mol. The summed E-state index contributed by atoms with van der Waals surface area (Å²) in [5.41, 5.74) is 0.740. The van der Waals surface area contributed by atoms with E-state index in [9.17, 15) is 17.6 Å². The van der Waals surface area contributed by atoms with E-state index in [0.29, 0.717) is 10.9 Å². The molecule has 2 heterocycles. The fourth-order valence-electron chi connectivity index (χ4n) is 2.44. The third kappa shape index (κ3) is 3.81. The van der Waals surface area contributed by atoms with Gasteiger partial charge < -0.3 is 4.52 Å². The van der Waals surface area contributed by atoms with Gasteiger partial charge in [0.15, 0.2) is 5.82 Å². The first-order chi connectivity index (χ1) is 13.4. The summed E-state index contributed by atoms with van der Waals surface area (Å²) in [4.78, 5) is 11.4. The third-order valence-electron chi connectivity index (χ3n) is 3.72. The minimum atomic E-state index is -4.65. The van der Waals surface area contributed by atoms with Crippen LogP contribution >= 0.6 is 11.8 Å². The number of thioether (sulfide) groups is 1. The van der Waals surface area contributed by atoms with E-state index in [1.54, 1.807) is 18.2 Å². The van der Waals surface area contributed by atoms with Crippen molar-refractivity contribution in [1.82, 2.24) is 20.1 Å².